The lowest BCUT2D eigenvalue weighted by molar-refractivity contribution is 0.0697. The van der Waals surface area contributed by atoms with Gasteiger partial charge in [0.2, 0.25) is 0 Å². The van der Waals surface area contributed by atoms with E-state index in [-0.39, 0.29) is 11.3 Å². The molecule has 0 aromatic heterocycles. The van der Waals surface area contributed by atoms with Gasteiger partial charge >= 0.3 is 5.97 Å². The molecule has 0 saturated carbocycles. The molecule has 0 aliphatic carbocycles. The lowest BCUT2D eigenvalue weighted by atomic mass is 10.0. The highest BCUT2D eigenvalue weighted by molar-refractivity contribution is 5.90. The van der Waals surface area contributed by atoms with E-state index in [9.17, 15) is 9.90 Å². The van der Waals surface area contributed by atoms with Crippen LogP contribution < -0.4 is 4.74 Å². The zero-order chi connectivity index (χ0) is 13.1. The number of hydrogen-bond donors (Lipinski definition) is 2. The predicted molar refractivity (Wildman–Crippen MR) is 67.1 cm³/mol. The number of hydrogen-bond acceptors (Lipinski definition) is 3. The Bertz CT molecular complexity index is 590. The predicted octanol–water partition coefficient (Wildman–Crippen LogP) is 2.77. The average Bonchev–Trinajstić information content (AvgIpc) is 2.39. The van der Waals surface area contributed by atoms with Crippen LogP contribution in [0, 0.1) is 0 Å². The van der Waals surface area contributed by atoms with E-state index < -0.39 is 5.97 Å². The van der Waals surface area contributed by atoms with Crippen molar-refractivity contribution >= 4 is 5.97 Å². The number of aromatic carboxylic acids is 1. The van der Waals surface area contributed by atoms with Crippen LogP contribution in [0.5, 0.6) is 11.5 Å². The number of aromatic hydroxyl groups is 1. The van der Waals surface area contributed by atoms with Crippen LogP contribution in [0.4, 0.5) is 0 Å². The minimum atomic E-state index is -1.03. The smallest absolute Gasteiger partial charge is 0.335 e. The third-order valence-corrected chi connectivity index (χ3v) is 2.62. The molecule has 2 rings (SSSR count). The Morgan fingerprint density at radius 3 is 2.61 bits per heavy atom. The Kier molecular flexibility index (Phi) is 3.19. The van der Waals surface area contributed by atoms with Crippen LogP contribution in [0.15, 0.2) is 42.5 Å². The molecule has 0 saturated heterocycles. The standard InChI is InChI=1S/C14H12O4/c1-18-11-4-2-3-9(7-11)12-8-10(14(16)17)5-6-13(12)15/h2-8,15H,1H3,(H,16,17). The monoisotopic (exact) mass is 244 g/mol. The van der Waals surface area contributed by atoms with Gasteiger partial charge in [-0.3, -0.25) is 0 Å². The number of phenolic OH excluding ortho intramolecular Hbond substituents is 1. The quantitative estimate of drug-likeness (QED) is 0.871. The van der Waals surface area contributed by atoms with Gasteiger partial charge in [-0.25, -0.2) is 4.79 Å². The molecule has 0 aliphatic heterocycles. The van der Waals surface area contributed by atoms with E-state index in [1.54, 1.807) is 31.4 Å². The number of methoxy groups -OCH3 is 1. The summed E-state index contributed by atoms with van der Waals surface area (Å²) in [5.41, 5.74) is 1.30. The molecule has 4 nitrogen and oxygen atoms in total. The minimum Gasteiger partial charge on any atom is -0.507 e. The molecule has 0 unspecified atom stereocenters. The molecular formula is C14H12O4. The molecule has 0 heterocycles. The van der Waals surface area contributed by atoms with Crippen molar-refractivity contribution in [2.75, 3.05) is 7.11 Å². The highest BCUT2D eigenvalue weighted by Gasteiger charge is 2.10. The van der Waals surface area contributed by atoms with Gasteiger partial charge in [0.1, 0.15) is 11.5 Å². The van der Waals surface area contributed by atoms with Crippen molar-refractivity contribution in [3.63, 3.8) is 0 Å². The lowest BCUT2D eigenvalue weighted by Gasteiger charge is -2.07. The fraction of sp³-hybridized carbons (Fsp3) is 0.0714. The van der Waals surface area contributed by atoms with Gasteiger partial charge in [0.25, 0.3) is 0 Å². The molecular weight excluding hydrogens is 232 g/mol. The van der Waals surface area contributed by atoms with E-state index in [0.29, 0.717) is 16.9 Å². The van der Waals surface area contributed by atoms with Crippen LogP contribution >= 0.6 is 0 Å². The van der Waals surface area contributed by atoms with E-state index in [0.717, 1.165) is 0 Å². The fourth-order valence-electron chi connectivity index (χ4n) is 1.69. The summed E-state index contributed by atoms with van der Waals surface area (Å²) in [5, 5.41) is 18.7. The lowest BCUT2D eigenvalue weighted by Crippen LogP contribution is -1.96. The van der Waals surface area contributed by atoms with Gasteiger partial charge in [-0.15, -0.1) is 0 Å². The normalized spacial score (nSPS) is 10.1. The largest absolute Gasteiger partial charge is 0.507 e. The van der Waals surface area contributed by atoms with E-state index in [1.165, 1.54) is 18.2 Å². The summed E-state index contributed by atoms with van der Waals surface area (Å²) >= 11 is 0. The van der Waals surface area contributed by atoms with Gasteiger partial charge < -0.3 is 14.9 Å². The van der Waals surface area contributed by atoms with Gasteiger partial charge in [0, 0.05) is 5.56 Å². The summed E-state index contributed by atoms with van der Waals surface area (Å²) < 4.78 is 5.10. The van der Waals surface area contributed by atoms with E-state index >= 15 is 0 Å². The van der Waals surface area contributed by atoms with Gasteiger partial charge in [-0.1, -0.05) is 12.1 Å². The first-order valence-electron chi connectivity index (χ1n) is 5.32. The van der Waals surface area contributed by atoms with Gasteiger partial charge in [-0.05, 0) is 35.9 Å². The first-order valence-corrected chi connectivity index (χ1v) is 5.32. The second kappa shape index (κ2) is 4.79. The van der Waals surface area contributed by atoms with Gasteiger partial charge in [0.15, 0.2) is 0 Å². The molecule has 4 heteroatoms. The molecule has 0 radical (unpaired) electrons. The Labute approximate surface area is 104 Å². The Morgan fingerprint density at radius 1 is 1.17 bits per heavy atom. The number of rotatable bonds is 3. The summed E-state index contributed by atoms with van der Waals surface area (Å²) in [4.78, 5) is 10.9. The Morgan fingerprint density at radius 2 is 1.94 bits per heavy atom. The molecule has 0 spiro atoms. The van der Waals surface area contributed by atoms with Crippen molar-refractivity contribution in [2.45, 2.75) is 0 Å². The summed E-state index contributed by atoms with van der Waals surface area (Å²) in [6.07, 6.45) is 0. The number of ether oxygens (including phenoxy) is 1. The van der Waals surface area contributed by atoms with Crippen LogP contribution in [0.25, 0.3) is 11.1 Å². The SMILES string of the molecule is COc1cccc(-c2cc(C(=O)O)ccc2O)c1. The maximum atomic E-state index is 10.9. The van der Waals surface area contributed by atoms with Gasteiger partial charge in [-0.2, -0.15) is 0 Å². The van der Waals surface area contributed by atoms with E-state index in [1.807, 2.05) is 0 Å². The summed E-state index contributed by atoms with van der Waals surface area (Å²) in [6, 6.07) is 11.2. The molecule has 2 aromatic carbocycles. The molecule has 0 bridgehead atoms. The molecule has 2 aromatic rings. The Hall–Kier alpha value is -2.49. The van der Waals surface area contributed by atoms with E-state index in [4.69, 9.17) is 9.84 Å². The number of carboxylic acid groups (broad SMARTS) is 1. The highest BCUT2D eigenvalue weighted by Crippen LogP contribution is 2.31. The molecule has 18 heavy (non-hydrogen) atoms. The van der Waals surface area contributed by atoms with E-state index in [2.05, 4.69) is 0 Å². The first-order chi connectivity index (χ1) is 8.61. The maximum absolute atomic E-state index is 10.9. The van der Waals surface area contributed by atoms with Crippen LogP contribution in [-0.4, -0.2) is 23.3 Å². The molecule has 2 N–H and O–H groups in total. The highest BCUT2D eigenvalue weighted by atomic mass is 16.5. The fourth-order valence-corrected chi connectivity index (χ4v) is 1.69. The van der Waals surface area contributed by atoms with Crippen molar-refractivity contribution < 1.29 is 19.7 Å². The van der Waals surface area contributed by atoms with Crippen molar-refractivity contribution in [3.8, 4) is 22.6 Å². The van der Waals surface area contributed by atoms with Crippen molar-refractivity contribution in [3.05, 3.63) is 48.0 Å². The van der Waals surface area contributed by atoms with Crippen LogP contribution in [0.1, 0.15) is 10.4 Å². The maximum Gasteiger partial charge on any atom is 0.335 e. The number of carbonyl (C=O) groups is 1. The van der Waals surface area contributed by atoms with Crippen LogP contribution in [-0.2, 0) is 0 Å². The molecule has 92 valence electrons. The molecule has 0 atom stereocenters. The van der Waals surface area contributed by atoms with Crippen molar-refractivity contribution in [1.29, 1.82) is 0 Å². The van der Waals surface area contributed by atoms with Crippen LogP contribution in [0.3, 0.4) is 0 Å². The third-order valence-electron chi connectivity index (χ3n) is 2.62. The number of benzene rings is 2. The number of phenols is 1. The minimum absolute atomic E-state index is 0.0354. The second-order valence-electron chi connectivity index (χ2n) is 3.77. The molecule has 0 fully saturated rings. The summed E-state index contributed by atoms with van der Waals surface area (Å²) in [7, 11) is 1.55. The Balaban J connectivity index is 2.54. The summed E-state index contributed by atoms with van der Waals surface area (Å²) in [5.74, 6) is -0.347. The zero-order valence-corrected chi connectivity index (χ0v) is 9.75. The third kappa shape index (κ3) is 2.27. The average molecular weight is 244 g/mol. The zero-order valence-electron chi connectivity index (χ0n) is 9.75. The number of carboxylic acids is 1. The summed E-state index contributed by atoms with van der Waals surface area (Å²) in [6.45, 7) is 0. The first kappa shape index (κ1) is 12.0. The topological polar surface area (TPSA) is 66.8 Å². The second-order valence-corrected chi connectivity index (χ2v) is 3.77. The molecule has 0 amide bonds. The molecule has 0 aliphatic rings. The van der Waals surface area contributed by atoms with Crippen molar-refractivity contribution in [1.82, 2.24) is 0 Å². The van der Waals surface area contributed by atoms with Crippen molar-refractivity contribution in [2.24, 2.45) is 0 Å². The van der Waals surface area contributed by atoms with Gasteiger partial charge in [0.05, 0.1) is 12.7 Å². The van der Waals surface area contributed by atoms with Crippen LogP contribution in [0.2, 0.25) is 0 Å².